The maximum atomic E-state index is 12.7. The van der Waals surface area contributed by atoms with Crippen molar-refractivity contribution >= 4 is 52.3 Å². The molecule has 182 valence electrons. The quantitative estimate of drug-likeness (QED) is 0.167. The van der Waals surface area contributed by atoms with Gasteiger partial charge < -0.3 is 14.4 Å². The van der Waals surface area contributed by atoms with Gasteiger partial charge in [-0.15, -0.1) is 0 Å². The number of anilines is 1. The van der Waals surface area contributed by atoms with Crippen LogP contribution in [-0.2, 0) is 6.61 Å². The molecule has 4 nitrogen and oxygen atoms in total. The van der Waals surface area contributed by atoms with Crippen molar-refractivity contribution in [2.45, 2.75) is 25.9 Å². The number of carbonyl (C=O) groups is 1. The summed E-state index contributed by atoms with van der Waals surface area (Å²) in [6, 6.07) is 16.6. The number of methoxy groups -OCH3 is 1. The highest BCUT2D eigenvalue weighted by Gasteiger charge is 2.12. The lowest BCUT2D eigenvalue weighted by molar-refractivity contribution is 0.104. The first-order valence-corrected chi connectivity index (χ1v) is 12.6. The fraction of sp³-hybridized carbons (Fsp3) is 0.250. The molecule has 1 heterocycles. The lowest BCUT2D eigenvalue weighted by Crippen LogP contribution is -2.29. The number of hydrogen-bond donors (Lipinski definition) is 0. The van der Waals surface area contributed by atoms with Crippen LogP contribution in [-0.4, -0.2) is 26.0 Å². The van der Waals surface area contributed by atoms with Gasteiger partial charge in [-0.3, -0.25) is 4.79 Å². The van der Waals surface area contributed by atoms with Crippen LogP contribution in [0.3, 0.4) is 0 Å². The van der Waals surface area contributed by atoms with Crippen molar-refractivity contribution in [1.29, 1.82) is 0 Å². The molecule has 0 aromatic heterocycles. The smallest absolute Gasteiger partial charge is 0.185 e. The Kier molecular flexibility index (Phi) is 8.61. The molecular formula is C28H26Cl3NO3. The molecule has 0 amide bonds. The molecule has 4 rings (SSSR count). The highest BCUT2D eigenvalue weighted by Crippen LogP contribution is 2.35. The highest BCUT2D eigenvalue weighted by atomic mass is 35.5. The van der Waals surface area contributed by atoms with Crippen LogP contribution in [0, 0.1) is 0 Å². The number of nitrogens with zero attached hydrogens (tertiary/aromatic N) is 1. The predicted octanol–water partition coefficient (Wildman–Crippen LogP) is 8.12. The Hall–Kier alpha value is -2.66. The van der Waals surface area contributed by atoms with Gasteiger partial charge in [-0.2, -0.15) is 0 Å². The molecule has 1 saturated heterocycles. The third kappa shape index (κ3) is 6.52. The van der Waals surface area contributed by atoms with E-state index in [0.29, 0.717) is 32.1 Å². The number of piperidine rings is 1. The summed E-state index contributed by atoms with van der Waals surface area (Å²) >= 11 is 18.3. The molecule has 3 aromatic carbocycles. The Morgan fingerprint density at radius 3 is 2.31 bits per heavy atom. The van der Waals surface area contributed by atoms with Crippen LogP contribution in [0.25, 0.3) is 6.08 Å². The second kappa shape index (κ2) is 11.9. The average molecular weight is 531 g/mol. The first kappa shape index (κ1) is 25.4. The van der Waals surface area contributed by atoms with E-state index in [1.807, 2.05) is 42.5 Å². The molecule has 0 bridgehead atoms. The monoisotopic (exact) mass is 529 g/mol. The summed E-state index contributed by atoms with van der Waals surface area (Å²) < 4.78 is 11.3. The third-order valence-corrected chi connectivity index (χ3v) is 6.98. The maximum absolute atomic E-state index is 12.7. The van der Waals surface area contributed by atoms with E-state index in [1.165, 1.54) is 24.9 Å². The number of carbonyl (C=O) groups excluding carboxylic acids is 1. The Bertz CT molecular complexity index is 1220. The fourth-order valence-corrected chi connectivity index (χ4v) is 4.63. The standard InChI is InChI=1S/C28H26Cl3NO3/c1-34-27-12-6-19(15-21(27)18-35-28-17-24(30)23(29)16-25(28)31)5-11-26(33)20-7-9-22(10-8-20)32-13-3-2-4-14-32/h5-12,15-17H,2-4,13-14,18H2,1H3/b11-5+. The normalized spacial score (nSPS) is 13.8. The number of allylic oxidation sites excluding steroid dienone is 1. The fourth-order valence-electron chi connectivity index (χ4n) is 4.04. The van der Waals surface area contributed by atoms with Crippen molar-refractivity contribution in [3.63, 3.8) is 0 Å². The lowest BCUT2D eigenvalue weighted by atomic mass is 10.1. The molecule has 0 N–H and O–H groups in total. The first-order chi connectivity index (χ1) is 16.9. The SMILES string of the molecule is COc1ccc(/C=C/C(=O)c2ccc(N3CCCCC3)cc2)cc1COc1cc(Cl)c(Cl)cc1Cl. The minimum absolute atomic E-state index is 0.0496. The predicted molar refractivity (Wildman–Crippen MR) is 145 cm³/mol. The molecule has 0 unspecified atom stereocenters. The van der Waals surface area contributed by atoms with E-state index in [4.69, 9.17) is 44.3 Å². The molecule has 0 atom stereocenters. The van der Waals surface area contributed by atoms with Crippen LogP contribution in [0.2, 0.25) is 15.1 Å². The first-order valence-electron chi connectivity index (χ1n) is 11.5. The summed E-state index contributed by atoms with van der Waals surface area (Å²) in [6.07, 6.45) is 7.10. The van der Waals surface area contributed by atoms with E-state index in [0.717, 1.165) is 24.2 Å². The molecule has 0 radical (unpaired) electrons. The Labute approximate surface area is 221 Å². The molecule has 35 heavy (non-hydrogen) atoms. The molecule has 7 heteroatoms. The van der Waals surface area contributed by atoms with Gasteiger partial charge in [0, 0.05) is 36.0 Å². The second-order valence-corrected chi connectivity index (χ2v) is 9.57. The van der Waals surface area contributed by atoms with Crippen LogP contribution < -0.4 is 14.4 Å². The van der Waals surface area contributed by atoms with E-state index < -0.39 is 0 Å². The lowest BCUT2D eigenvalue weighted by Gasteiger charge is -2.28. The third-order valence-electron chi connectivity index (χ3n) is 5.96. The van der Waals surface area contributed by atoms with Gasteiger partial charge in [-0.05, 0) is 73.4 Å². The summed E-state index contributed by atoms with van der Waals surface area (Å²) in [6.45, 7) is 2.36. The van der Waals surface area contributed by atoms with Gasteiger partial charge >= 0.3 is 0 Å². The van der Waals surface area contributed by atoms with Gasteiger partial charge in [0.15, 0.2) is 5.78 Å². The number of benzene rings is 3. The van der Waals surface area contributed by atoms with Gasteiger partial charge in [0.1, 0.15) is 18.1 Å². The van der Waals surface area contributed by atoms with E-state index in [-0.39, 0.29) is 12.4 Å². The zero-order valence-electron chi connectivity index (χ0n) is 19.4. The van der Waals surface area contributed by atoms with E-state index in [9.17, 15) is 4.79 Å². The number of halogens is 3. The molecule has 3 aromatic rings. The minimum atomic E-state index is -0.0496. The van der Waals surface area contributed by atoms with Gasteiger partial charge in [0.25, 0.3) is 0 Å². The van der Waals surface area contributed by atoms with Crippen molar-refractivity contribution in [2.24, 2.45) is 0 Å². The largest absolute Gasteiger partial charge is 0.496 e. The Morgan fingerprint density at radius 1 is 0.886 bits per heavy atom. The topological polar surface area (TPSA) is 38.8 Å². The van der Waals surface area contributed by atoms with Crippen LogP contribution in [0.1, 0.15) is 40.7 Å². The zero-order valence-corrected chi connectivity index (χ0v) is 21.7. The minimum Gasteiger partial charge on any atom is -0.496 e. The summed E-state index contributed by atoms with van der Waals surface area (Å²) in [4.78, 5) is 15.1. The van der Waals surface area contributed by atoms with Crippen molar-refractivity contribution < 1.29 is 14.3 Å². The summed E-state index contributed by atoms with van der Waals surface area (Å²) in [5.74, 6) is 1.04. The molecule has 0 spiro atoms. The van der Waals surface area contributed by atoms with Gasteiger partial charge in [-0.1, -0.05) is 46.9 Å². The number of hydrogen-bond acceptors (Lipinski definition) is 4. The molecule has 0 aliphatic carbocycles. The Morgan fingerprint density at radius 2 is 1.60 bits per heavy atom. The van der Waals surface area contributed by atoms with Gasteiger partial charge in [0.05, 0.1) is 22.2 Å². The zero-order chi connectivity index (χ0) is 24.8. The number of ketones is 1. The van der Waals surface area contributed by atoms with Crippen LogP contribution in [0.15, 0.2) is 60.7 Å². The second-order valence-electron chi connectivity index (χ2n) is 8.35. The number of rotatable bonds is 8. The average Bonchev–Trinajstić information content (AvgIpc) is 2.89. The van der Waals surface area contributed by atoms with Crippen molar-refractivity contribution in [3.05, 3.63) is 92.4 Å². The highest BCUT2D eigenvalue weighted by molar-refractivity contribution is 6.43. The number of ether oxygens (including phenoxy) is 2. The molecule has 1 aliphatic heterocycles. The summed E-state index contributed by atoms with van der Waals surface area (Å²) in [5, 5.41) is 1.09. The summed E-state index contributed by atoms with van der Waals surface area (Å²) in [7, 11) is 1.59. The Balaban J connectivity index is 1.44. The van der Waals surface area contributed by atoms with Gasteiger partial charge in [-0.25, -0.2) is 0 Å². The molecule has 1 fully saturated rings. The van der Waals surface area contributed by atoms with E-state index in [1.54, 1.807) is 31.4 Å². The summed E-state index contributed by atoms with van der Waals surface area (Å²) in [5.41, 5.74) is 3.48. The van der Waals surface area contributed by atoms with Crippen LogP contribution >= 0.6 is 34.8 Å². The van der Waals surface area contributed by atoms with Gasteiger partial charge in [0.2, 0.25) is 0 Å². The maximum Gasteiger partial charge on any atom is 0.185 e. The van der Waals surface area contributed by atoms with E-state index in [2.05, 4.69) is 4.90 Å². The van der Waals surface area contributed by atoms with E-state index >= 15 is 0 Å². The van der Waals surface area contributed by atoms with Crippen molar-refractivity contribution in [1.82, 2.24) is 0 Å². The van der Waals surface area contributed by atoms with Crippen molar-refractivity contribution in [3.8, 4) is 11.5 Å². The molecule has 1 aliphatic rings. The molecular weight excluding hydrogens is 505 g/mol. The van der Waals surface area contributed by atoms with Crippen molar-refractivity contribution in [2.75, 3.05) is 25.1 Å². The molecule has 0 saturated carbocycles. The van der Waals surface area contributed by atoms with Crippen LogP contribution in [0.5, 0.6) is 11.5 Å². The van der Waals surface area contributed by atoms with Crippen LogP contribution in [0.4, 0.5) is 5.69 Å².